The Morgan fingerprint density at radius 2 is 1.61 bits per heavy atom. The van der Waals surface area contributed by atoms with E-state index in [9.17, 15) is 13.2 Å². The van der Waals surface area contributed by atoms with Crippen molar-refractivity contribution in [1.29, 1.82) is 0 Å². The van der Waals surface area contributed by atoms with Crippen LogP contribution in [0.25, 0.3) is 0 Å². The Labute approximate surface area is 169 Å². The lowest BCUT2D eigenvalue weighted by Gasteiger charge is -2.33. The number of nitrogens with zero attached hydrogens (tertiary/aromatic N) is 2. The zero-order valence-electron chi connectivity index (χ0n) is 16.9. The molecule has 0 bridgehead atoms. The van der Waals surface area contributed by atoms with Crippen molar-refractivity contribution >= 4 is 15.9 Å². The molecule has 2 fully saturated rings. The molecule has 0 radical (unpaired) electrons. The fourth-order valence-electron chi connectivity index (χ4n) is 4.06. The molecule has 6 nitrogen and oxygen atoms in total. The standard InChI is InChI=1S/C21H33N3O3S/c1-2-28(26,27)24-15-13-23(14-16-24)17-18-9-11-19(12-10-18)21(25)22-20-7-5-3-4-6-8-20/h9-12,20H,2-8,13-17H2,1H3,(H,22,25). The highest BCUT2D eigenvalue weighted by atomic mass is 32.2. The van der Waals surface area contributed by atoms with E-state index in [4.69, 9.17) is 0 Å². The molecule has 0 unspecified atom stereocenters. The zero-order chi connectivity index (χ0) is 20.0. The van der Waals surface area contributed by atoms with Gasteiger partial charge in [-0.05, 0) is 37.5 Å². The third-order valence-corrected chi connectivity index (χ3v) is 7.78. The van der Waals surface area contributed by atoms with Crippen molar-refractivity contribution < 1.29 is 13.2 Å². The van der Waals surface area contributed by atoms with E-state index in [0.717, 1.165) is 38.0 Å². The highest BCUT2D eigenvalue weighted by Gasteiger charge is 2.25. The normalized spacial score (nSPS) is 20.6. The second-order valence-electron chi connectivity index (χ2n) is 7.93. The van der Waals surface area contributed by atoms with E-state index in [1.54, 1.807) is 11.2 Å². The highest BCUT2D eigenvalue weighted by molar-refractivity contribution is 7.89. The summed E-state index contributed by atoms with van der Waals surface area (Å²) in [5.74, 6) is 0.189. The molecule has 1 aromatic carbocycles. The molecule has 0 atom stereocenters. The summed E-state index contributed by atoms with van der Waals surface area (Å²) in [6.07, 6.45) is 7.14. The molecule has 156 valence electrons. The molecule has 7 heteroatoms. The summed E-state index contributed by atoms with van der Waals surface area (Å²) in [5, 5.41) is 3.19. The minimum Gasteiger partial charge on any atom is -0.349 e. The van der Waals surface area contributed by atoms with E-state index >= 15 is 0 Å². The van der Waals surface area contributed by atoms with Crippen LogP contribution in [-0.4, -0.2) is 61.5 Å². The number of rotatable bonds is 6. The van der Waals surface area contributed by atoms with Crippen molar-refractivity contribution in [2.24, 2.45) is 0 Å². The van der Waals surface area contributed by atoms with Crippen LogP contribution in [0, 0.1) is 0 Å². The smallest absolute Gasteiger partial charge is 0.251 e. The number of benzene rings is 1. The van der Waals surface area contributed by atoms with Crippen LogP contribution in [0.2, 0.25) is 0 Å². The first-order chi connectivity index (χ1) is 13.5. The van der Waals surface area contributed by atoms with E-state index in [2.05, 4.69) is 10.2 Å². The number of hydrogen-bond acceptors (Lipinski definition) is 4. The summed E-state index contributed by atoms with van der Waals surface area (Å²) in [6, 6.07) is 8.14. The lowest BCUT2D eigenvalue weighted by Crippen LogP contribution is -2.48. The van der Waals surface area contributed by atoms with Gasteiger partial charge in [0.05, 0.1) is 5.75 Å². The molecule has 1 aromatic rings. The van der Waals surface area contributed by atoms with Crippen LogP contribution in [0.1, 0.15) is 61.4 Å². The Kier molecular flexibility index (Phi) is 7.48. The van der Waals surface area contributed by atoms with Crippen LogP contribution < -0.4 is 5.32 Å². The van der Waals surface area contributed by atoms with Crippen molar-refractivity contribution in [2.75, 3.05) is 31.9 Å². The lowest BCUT2D eigenvalue weighted by atomic mass is 10.1. The van der Waals surface area contributed by atoms with Gasteiger partial charge in [-0.1, -0.05) is 37.8 Å². The van der Waals surface area contributed by atoms with Crippen LogP contribution in [0.3, 0.4) is 0 Å². The topological polar surface area (TPSA) is 69.7 Å². The molecule has 1 aliphatic heterocycles. The third-order valence-electron chi connectivity index (χ3n) is 5.90. The predicted octanol–water partition coefficient (Wildman–Crippen LogP) is 2.61. The molecule has 1 N–H and O–H groups in total. The first kappa shape index (κ1) is 21.3. The maximum absolute atomic E-state index is 12.5. The quantitative estimate of drug-likeness (QED) is 0.736. The number of amides is 1. The van der Waals surface area contributed by atoms with Crippen molar-refractivity contribution in [3.63, 3.8) is 0 Å². The number of carbonyl (C=O) groups is 1. The van der Waals surface area contributed by atoms with Gasteiger partial charge in [-0.2, -0.15) is 4.31 Å². The maximum Gasteiger partial charge on any atom is 0.251 e. The maximum atomic E-state index is 12.5. The van der Waals surface area contributed by atoms with Gasteiger partial charge in [0, 0.05) is 44.3 Å². The fourth-order valence-corrected chi connectivity index (χ4v) is 5.15. The molecular formula is C21H33N3O3S. The van der Waals surface area contributed by atoms with Crippen LogP contribution in [0.5, 0.6) is 0 Å². The number of piperazine rings is 1. The first-order valence-electron chi connectivity index (χ1n) is 10.6. The van der Waals surface area contributed by atoms with E-state index in [1.165, 1.54) is 25.7 Å². The zero-order valence-corrected chi connectivity index (χ0v) is 17.7. The van der Waals surface area contributed by atoms with Crippen LogP contribution in [-0.2, 0) is 16.6 Å². The monoisotopic (exact) mass is 407 g/mol. The summed E-state index contributed by atoms with van der Waals surface area (Å²) in [7, 11) is -3.09. The Morgan fingerprint density at radius 3 is 2.18 bits per heavy atom. The summed E-state index contributed by atoms with van der Waals surface area (Å²) < 4.78 is 25.5. The first-order valence-corrected chi connectivity index (χ1v) is 12.2. The second kappa shape index (κ2) is 9.85. The van der Waals surface area contributed by atoms with Crippen molar-refractivity contribution in [1.82, 2.24) is 14.5 Å². The van der Waals surface area contributed by atoms with Gasteiger partial charge in [0.25, 0.3) is 5.91 Å². The van der Waals surface area contributed by atoms with Gasteiger partial charge >= 0.3 is 0 Å². The number of nitrogens with one attached hydrogen (secondary N) is 1. The minimum atomic E-state index is -3.09. The van der Waals surface area contributed by atoms with Crippen LogP contribution >= 0.6 is 0 Å². The average molecular weight is 408 g/mol. The Morgan fingerprint density at radius 1 is 1.00 bits per heavy atom. The van der Waals surface area contributed by atoms with E-state index < -0.39 is 10.0 Å². The minimum absolute atomic E-state index is 0.0248. The molecule has 28 heavy (non-hydrogen) atoms. The molecule has 3 rings (SSSR count). The third kappa shape index (κ3) is 5.78. The van der Waals surface area contributed by atoms with Crippen LogP contribution in [0.4, 0.5) is 0 Å². The van der Waals surface area contributed by atoms with E-state index in [1.807, 2.05) is 24.3 Å². The Balaban J connectivity index is 1.48. The van der Waals surface area contributed by atoms with Gasteiger partial charge in [0.1, 0.15) is 0 Å². The van der Waals surface area contributed by atoms with Gasteiger partial charge in [0.15, 0.2) is 0 Å². The second-order valence-corrected chi connectivity index (χ2v) is 10.2. The molecule has 1 amide bonds. The van der Waals surface area contributed by atoms with Crippen molar-refractivity contribution in [3.8, 4) is 0 Å². The number of carbonyl (C=O) groups excluding carboxylic acids is 1. The fraction of sp³-hybridized carbons (Fsp3) is 0.667. The Bertz CT molecular complexity index is 733. The highest BCUT2D eigenvalue weighted by Crippen LogP contribution is 2.18. The van der Waals surface area contributed by atoms with Gasteiger partial charge in [-0.3, -0.25) is 9.69 Å². The van der Waals surface area contributed by atoms with Gasteiger partial charge in [-0.15, -0.1) is 0 Å². The molecule has 0 aromatic heterocycles. The number of hydrogen-bond donors (Lipinski definition) is 1. The molecule has 1 aliphatic carbocycles. The largest absolute Gasteiger partial charge is 0.349 e. The summed E-state index contributed by atoms with van der Waals surface area (Å²) >= 11 is 0. The molecule has 0 spiro atoms. The van der Waals surface area contributed by atoms with Crippen LogP contribution in [0.15, 0.2) is 24.3 Å². The molecule has 1 heterocycles. The summed E-state index contributed by atoms with van der Waals surface area (Å²) in [5.41, 5.74) is 1.87. The molecule has 2 aliphatic rings. The lowest BCUT2D eigenvalue weighted by molar-refractivity contribution is 0.0933. The van der Waals surface area contributed by atoms with Gasteiger partial charge in [-0.25, -0.2) is 8.42 Å². The Hall–Kier alpha value is -1.44. The van der Waals surface area contributed by atoms with Crippen molar-refractivity contribution in [3.05, 3.63) is 35.4 Å². The SMILES string of the molecule is CCS(=O)(=O)N1CCN(Cc2ccc(C(=O)NC3CCCCCC3)cc2)CC1. The average Bonchev–Trinajstić information content (AvgIpc) is 2.97. The van der Waals surface area contributed by atoms with Gasteiger partial charge in [0.2, 0.25) is 10.0 Å². The van der Waals surface area contributed by atoms with Crippen molar-refractivity contribution in [2.45, 2.75) is 58.0 Å². The predicted molar refractivity (Wildman–Crippen MR) is 112 cm³/mol. The molecule has 1 saturated carbocycles. The molecular weight excluding hydrogens is 374 g/mol. The summed E-state index contributed by atoms with van der Waals surface area (Å²) in [4.78, 5) is 14.8. The molecule has 1 saturated heterocycles. The van der Waals surface area contributed by atoms with E-state index in [-0.39, 0.29) is 11.7 Å². The number of sulfonamides is 1. The summed E-state index contributed by atoms with van der Waals surface area (Å²) in [6.45, 7) is 5.06. The van der Waals surface area contributed by atoms with Gasteiger partial charge < -0.3 is 5.32 Å². The van der Waals surface area contributed by atoms with E-state index in [0.29, 0.717) is 24.7 Å².